The fourth-order valence-electron chi connectivity index (χ4n) is 1.76. The number of rotatable bonds is 6. The van der Waals surface area contributed by atoms with Crippen LogP contribution in [0.25, 0.3) is 0 Å². The van der Waals surface area contributed by atoms with Gasteiger partial charge in [-0.05, 0) is 25.8 Å². The van der Waals surface area contributed by atoms with Gasteiger partial charge in [0.1, 0.15) is 0 Å². The molecule has 0 radical (unpaired) electrons. The summed E-state index contributed by atoms with van der Waals surface area (Å²) in [5.41, 5.74) is 0. The number of carbonyl (C=O) groups is 1. The molecule has 0 aromatic rings. The van der Waals surface area contributed by atoms with E-state index in [1.54, 1.807) is 0 Å². The van der Waals surface area contributed by atoms with Gasteiger partial charge in [0.25, 0.3) is 0 Å². The van der Waals surface area contributed by atoms with Crippen molar-refractivity contribution in [3.63, 3.8) is 0 Å². The lowest BCUT2D eigenvalue weighted by Gasteiger charge is -2.25. The van der Waals surface area contributed by atoms with E-state index < -0.39 is 0 Å². The van der Waals surface area contributed by atoms with E-state index >= 15 is 0 Å². The molecule has 84 valence electrons. The van der Waals surface area contributed by atoms with Crippen LogP contribution in [0.5, 0.6) is 0 Å². The summed E-state index contributed by atoms with van der Waals surface area (Å²) in [6, 6.07) is 0.229. The summed E-state index contributed by atoms with van der Waals surface area (Å²) in [4.78, 5) is 11.5. The lowest BCUT2D eigenvalue weighted by molar-refractivity contribution is -0.146. The van der Waals surface area contributed by atoms with E-state index in [1.807, 2.05) is 14.0 Å². The average molecular weight is 201 g/mol. The Bertz CT molecular complexity index is 169. The Morgan fingerprint density at radius 2 is 2.00 bits per heavy atom. The maximum absolute atomic E-state index is 11.5. The van der Waals surface area contributed by atoms with Gasteiger partial charge in [0.05, 0.1) is 13.0 Å². The molecular formula is C11H23NO2. The fourth-order valence-corrected chi connectivity index (χ4v) is 1.76. The van der Waals surface area contributed by atoms with Crippen molar-refractivity contribution in [2.45, 2.75) is 39.7 Å². The molecule has 2 unspecified atom stereocenters. The first kappa shape index (κ1) is 13.4. The molecule has 0 heterocycles. The smallest absolute Gasteiger partial charge is 0.310 e. The third kappa shape index (κ3) is 4.09. The second kappa shape index (κ2) is 6.82. The van der Waals surface area contributed by atoms with Crippen molar-refractivity contribution in [3.05, 3.63) is 0 Å². The molecule has 0 saturated heterocycles. The van der Waals surface area contributed by atoms with Crippen LogP contribution in [0.15, 0.2) is 0 Å². The van der Waals surface area contributed by atoms with E-state index in [4.69, 9.17) is 4.74 Å². The molecule has 0 spiro atoms. The van der Waals surface area contributed by atoms with Crippen LogP contribution < -0.4 is 5.32 Å². The van der Waals surface area contributed by atoms with E-state index in [2.05, 4.69) is 19.2 Å². The number of hydrogen-bond acceptors (Lipinski definition) is 3. The molecule has 0 amide bonds. The quantitative estimate of drug-likeness (QED) is 0.666. The minimum absolute atomic E-state index is 0.0209. The Labute approximate surface area is 87.2 Å². The highest BCUT2D eigenvalue weighted by molar-refractivity contribution is 5.73. The Morgan fingerprint density at radius 3 is 2.29 bits per heavy atom. The van der Waals surface area contributed by atoms with Crippen molar-refractivity contribution in [2.24, 2.45) is 11.8 Å². The van der Waals surface area contributed by atoms with Gasteiger partial charge >= 0.3 is 5.97 Å². The van der Waals surface area contributed by atoms with E-state index in [-0.39, 0.29) is 17.9 Å². The lowest BCUT2D eigenvalue weighted by atomic mass is 9.90. The van der Waals surface area contributed by atoms with Crippen LogP contribution >= 0.6 is 0 Å². The highest BCUT2D eigenvalue weighted by Crippen LogP contribution is 2.17. The minimum Gasteiger partial charge on any atom is -0.469 e. The van der Waals surface area contributed by atoms with Gasteiger partial charge in [-0.1, -0.05) is 20.8 Å². The number of methoxy groups -OCH3 is 1. The molecule has 0 saturated carbocycles. The van der Waals surface area contributed by atoms with Crippen molar-refractivity contribution < 1.29 is 9.53 Å². The van der Waals surface area contributed by atoms with Gasteiger partial charge in [0, 0.05) is 6.04 Å². The number of nitrogens with one attached hydrogen (secondary N) is 1. The standard InChI is InChI=1S/C11H23NO2/c1-6-9(11(13)14-5)10(12-4)7-8(2)3/h8-10,12H,6-7H2,1-5H3. The van der Waals surface area contributed by atoms with Crippen molar-refractivity contribution in [1.29, 1.82) is 0 Å². The van der Waals surface area contributed by atoms with Crippen molar-refractivity contribution in [2.75, 3.05) is 14.2 Å². The monoisotopic (exact) mass is 201 g/mol. The largest absolute Gasteiger partial charge is 0.469 e. The van der Waals surface area contributed by atoms with Crippen LogP contribution in [-0.4, -0.2) is 26.2 Å². The molecule has 0 aliphatic carbocycles. The highest BCUT2D eigenvalue weighted by Gasteiger charge is 2.26. The fraction of sp³-hybridized carbons (Fsp3) is 0.909. The molecule has 0 fully saturated rings. The Kier molecular flexibility index (Phi) is 6.54. The second-order valence-electron chi connectivity index (χ2n) is 4.06. The number of esters is 1. The summed E-state index contributed by atoms with van der Waals surface area (Å²) < 4.78 is 4.79. The molecule has 0 aromatic heterocycles. The number of carbonyl (C=O) groups excluding carboxylic acids is 1. The van der Waals surface area contributed by atoms with Crippen molar-refractivity contribution in [1.82, 2.24) is 5.32 Å². The molecule has 2 atom stereocenters. The molecule has 1 N–H and O–H groups in total. The summed E-state index contributed by atoms with van der Waals surface area (Å²) in [6.07, 6.45) is 1.83. The molecule has 0 aliphatic rings. The molecule has 0 aliphatic heterocycles. The normalized spacial score (nSPS) is 15.3. The summed E-state index contributed by atoms with van der Waals surface area (Å²) in [6.45, 7) is 6.34. The Balaban J connectivity index is 4.36. The SMILES string of the molecule is CCC(C(=O)OC)C(CC(C)C)NC. The predicted molar refractivity (Wildman–Crippen MR) is 58.1 cm³/mol. The summed E-state index contributed by atoms with van der Waals surface area (Å²) >= 11 is 0. The summed E-state index contributed by atoms with van der Waals surface area (Å²) in [5, 5.41) is 3.20. The van der Waals surface area contributed by atoms with Crippen LogP contribution in [0.1, 0.15) is 33.6 Å². The van der Waals surface area contributed by atoms with Gasteiger partial charge in [-0.25, -0.2) is 0 Å². The lowest BCUT2D eigenvalue weighted by Crippen LogP contribution is -2.39. The van der Waals surface area contributed by atoms with E-state index in [1.165, 1.54) is 7.11 Å². The third-order valence-corrected chi connectivity index (χ3v) is 2.53. The molecule has 0 rings (SSSR count). The van der Waals surface area contributed by atoms with E-state index in [0.29, 0.717) is 5.92 Å². The van der Waals surface area contributed by atoms with Gasteiger partial charge < -0.3 is 10.1 Å². The maximum atomic E-state index is 11.5. The van der Waals surface area contributed by atoms with E-state index in [9.17, 15) is 4.79 Å². The van der Waals surface area contributed by atoms with Gasteiger partial charge in [-0.3, -0.25) is 4.79 Å². The third-order valence-electron chi connectivity index (χ3n) is 2.53. The van der Waals surface area contributed by atoms with Crippen LogP contribution in [0.4, 0.5) is 0 Å². The van der Waals surface area contributed by atoms with Crippen LogP contribution in [0, 0.1) is 11.8 Å². The minimum atomic E-state index is -0.104. The van der Waals surface area contributed by atoms with Crippen LogP contribution in [0.2, 0.25) is 0 Å². The number of hydrogen-bond donors (Lipinski definition) is 1. The zero-order valence-electron chi connectivity index (χ0n) is 9.96. The second-order valence-corrected chi connectivity index (χ2v) is 4.06. The summed E-state index contributed by atoms with van der Waals surface area (Å²) in [5.74, 6) is 0.464. The Morgan fingerprint density at radius 1 is 1.43 bits per heavy atom. The van der Waals surface area contributed by atoms with Gasteiger partial charge in [0.15, 0.2) is 0 Å². The van der Waals surface area contributed by atoms with Crippen LogP contribution in [-0.2, 0) is 9.53 Å². The average Bonchev–Trinajstić information content (AvgIpc) is 2.16. The van der Waals surface area contributed by atoms with E-state index in [0.717, 1.165) is 12.8 Å². The zero-order chi connectivity index (χ0) is 11.1. The molecule has 3 heteroatoms. The van der Waals surface area contributed by atoms with Crippen LogP contribution in [0.3, 0.4) is 0 Å². The molecule has 3 nitrogen and oxygen atoms in total. The maximum Gasteiger partial charge on any atom is 0.310 e. The van der Waals surface area contributed by atoms with Gasteiger partial charge in [-0.15, -0.1) is 0 Å². The van der Waals surface area contributed by atoms with Crippen molar-refractivity contribution in [3.8, 4) is 0 Å². The highest BCUT2D eigenvalue weighted by atomic mass is 16.5. The number of ether oxygens (including phenoxy) is 1. The van der Waals surface area contributed by atoms with Gasteiger partial charge in [-0.2, -0.15) is 0 Å². The molecule has 0 aromatic carbocycles. The molecule has 14 heavy (non-hydrogen) atoms. The predicted octanol–water partition coefficient (Wildman–Crippen LogP) is 1.82. The molecular weight excluding hydrogens is 178 g/mol. The molecule has 0 bridgehead atoms. The Hall–Kier alpha value is -0.570. The van der Waals surface area contributed by atoms with Crippen molar-refractivity contribution >= 4 is 5.97 Å². The van der Waals surface area contributed by atoms with Gasteiger partial charge in [0.2, 0.25) is 0 Å². The first-order chi connectivity index (χ1) is 6.56. The zero-order valence-corrected chi connectivity index (χ0v) is 9.96. The topological polar surface area (TPSA) is 38.3 Å². The summed E-state index contributed by atoms with van der Waals surface area (Å²) in [7, 11) is 3.35. The first-order valence-corrected chi connectivity index (χ1v) is 5.31. The first-order valence-electron chi connectivity index (χ1n) is 5.31.